The van der Waals surface area contributed by atoms with E-state index < -0.39 is 10.5 Å². The molecule has 0 saturated carbocycles. The van der Waals surface area contributed by atoms with E-state index in [1.807, 2.05) is 0 Å². The van der Waals surface area contributed by atoms with Crippen molar-refractivity contribution in [2.24, 2.45) is 5.92 Å². The second-order valence-corrected chi connectivity index (χ2v) is 4.77. The molecule has 17 heavy (non-hydrogen) atoms. The summed E-state index contributed by atoms with van der Waals surface area (Å²) in [5, 5.41) is 14.1. The molecule has 0 aliphatic carbocycles. The van der Waals surface area contributed by atoms with Crippen LogP contribution in [-0.4, -0.2) is 22.6 Å². The van der Waals surface area contributed by atoms with E-state index in [1.54, 1.807) is 10.6 Å². The minimum atomic E-state index is -0.599. The first kappa shape index (κ1) is 10.5. The molecule has 90 valence electrons. The molecule has 1 fully saturated rings. The van der Waals surface area contributed by atoms with Gasteiger partial charge >= 0.3 is 11.2 Å². The van der Waals surface area contributed by atoms with Gasteiger partial charge in [-0.25, -0.2) is 0 Å². The first-order valence-corrected chi connectivity index (χ1v) is 5.75. The summed E-state index contributed by atoms with van der Waals surface area (Å²) in [5.41, 5.74) is 0.162. The van der Waals surface area contributed by atoms with E-state index in [0.29, 0.717) is 18.4 Å². The molecule has 0 aromatic carbocycles. The second kappa shape index (κ2) is 3.66. The lowest BCUT2D eigenvalue weighted by molar-refractivity contribution is -0.386. The van der Waals surface area contributed by atoms with E-state index in [1.165, 1.54) is 6.07 Å². The highest BCUT2D eigenvalue weighted by Crippen LogP contribution is 2.32. The van der Waals surface area contributed by atoms with Crippen molar-refractivity contribution in [1.82, 2.24) is 9.88 Å². The third-order valence-electron chi connectivity index (χ3n) is 3.69. The largest absolute Gasteiger partial charge is 0.334 e. The number of rotatable bonds is 1. The minimum Gasteiger partial charge on any atom is -0.316 e. The van der Waals surface area contributed by atoms with Crippen LogP contribution < -0.4 is 10.9 Å². The van der Waals surface area contributed by atoms with Gasteiger partial charge in [-0.2, -0.15) is 0 Å². The van der Waals surface area contributed by atoms with Crippen molar-refractivity contribution >= 4 is 5.69 Å². The molecule has 0 amide bonds. The standard InChI is InChI=1S/C11H13N3O3/c15-11-10(14(16)17)2-1-9-8-3-7(4-12-5-8)6-13(9)11/h1-2,7-8,12H,3-6H2/t7-,8+/m1/s1. The summed E-state index contributed by atoms with van der Waals surface area (Å²) in [4.78, 5) is 22.1. The number of fused-ring (bicyclic) bond motifs is 4. The molecule has 2 aliphatic rings. The SMILES string of the molecule is O=c1c([N+](=O)[O-])ccc2n1C[C@H]1CNC[C@@H]2C1. The molecule has 3 heterocycles. The maximum absolute atomic E-state index is 12.0. The Hall–Kier alpha value is -1.69. The third-order valence-corrected chi connectivity index (χ3v) is 3.69. The Morgan fingerprint density at radius 3 is 3.00 bits per heavy atom. The Morgan fingerprint density at radius 1 is 1.41 bits per heavy atom. The van der Waals surface area contributed by atoms with Crippen LogP contribution in [0.5, 0.6) is 0 Å². The second-order valence-electron chi connectivity index (χ2n) is 4.77. The number of pyridine rings is 1. The number of nitro groups is 1. The van der Waals surface area contributed by atoms with Gasteiger partial charge in [0, 0.05) is 30.8 Å². The van der Waals surface area contributed by atoms with Crippen molar-refractivity contribution in [3.8, 4) is 0 Å². The number of hydrogen-bond donors (Lipinski definition) is 1. The summed E-state index contributed by atoms with van der Waals surface area (Å²) in [5.74, 6) is 0.733. The molecular weight excluding hydrogens is 222 g/mol. The van der Waals surface area contributed by atoms with Gasteiger partial charge in [-0.15, -0.1) is 0 Å². The van der Waals surface area contributed by atoms with Crippen LogP contribution in [0, 0.1) is 16.0 Å². The van der Waals surface area contributed by atoms with Crippen LogP contribution in [0.3, 0.4) is 0 Å². The van der Waals surface area contributed by atoms with Crippen LogP contribution >= 0.6 is 0 Å². The minimum absolute atomic E-state index is 0.316. The van der Waals surface area contributed by atoms with E-state index >= 15 is 0 Å². The Bertz CT molecular complexity index is 537. The van der Waals surface area contributed by atoms with Crippen molar-refractivity contribution in [3.63, 3.8) is 0 Å². The molecule has 6 heteroatoms. The number of aromatic nitrogens is 1. The van der Waals surface area contributed by atoms with Gasteiger partial charge in [0.05, 0.1) is 4.92 Å². The summed E-state index contributed by atoms with van der Waals surface area (Å²) in [6, 6.07) is 3.07. The van der Waals surface area contributed by atoms with Gasteiger partial charge in [0.25, 0.3) is 0 Å². The van der Waals surface area contributed by atoms with Crippen LogP contribution in [0.25, 0.3) is 0 Å². The summed E-state index contributed by atoms with van der Waals surface area (Å²) < 4.78 is 1.60. The average Bonchev–Trinajstić information content (AvgIpc) is 2.30. The Balaban J connectivity index is 2.15. The number of nitrogens with zero attached hydrogens (tertiary/aromatic N) is 2. The van der Waals surface area contributed by atoms with Gasteiger partial charge in [-0.3, -0.25) is 14.9 Å². The summed E-state index contributed by atoms with van der Waals surface area (Å²) >= 11 is 0. The van der Waals surface area contributed by atoms with Gasteiger partial charge in [-0.05, 0) is 24.9 Å². The molecule has 3 rings (SSSR count). The Morgan fingerprint density at radius 2 is 2.24 bits per heavy atom. The van der Waals surface area contributed by atoms with Gasteiger partial charge < -0.3 is 9.88 Å². The lowest BCUT2D eigenvalue weighted by Crippen LogP contribution is -2.45. The number of nitrogens with one attached hydrogen (secondary N) is 1. The van der Waals surface area contributed by atoms with Crippen molar-refractivity contribution in [2.75, 3.05) is 13.1 Å². The molecular formula is C11H13N3O3. The monoisotopic (exact) mass is 235 g/mol. The van der Waals surface area contributed by atoms with Crippen LogP contribution in [0.4, 0.5) is 5.69 Å². The van der Waals surface area contributed by atoms with E-state index in [4.69, 9.17) is 0 Å². The zero-order chi connectivity index (χ0) is 12.0. The maximum atomic E-state index is 12.0. The Kier molecular flexibility index (Phi) is 2.25. The smallest absolute Gasteiger partial charge is 0.316 e. The van der Waals surface area contributed by atoms with Crippen LogP contribution in [0.15, 0.2) is 16.9 Å². The lowest BCUT2D eigenvalue weighted by Gasteiger charge is -2.37. The van der Waals surface area contributed by atoms with Crippen molar-refractivity contribution in [2.45, 2.75) is 18.9 Å². The lowest BCUT2D eigenvalue weighted by atomic mass is 9.84. The Labute approximate surface area is 97.4 Å². The third kappa shape index (κ3) is 1.56. The number of piperidine rings is 1. The highest BCUT2D eigenvalue weighted by molar-refractivity contribution is 5.31. The quantitative estimate of drug-likeness (QED) is 0.566. The first-order chi connectivity index (χ1) is 8.16. The fourth-order valence-corrected chi connectivity index (χ4v) is 2.92. The molecule has 1 saturated heterocycles. The average molecular weight is 235 g/mol. The molecule has 0 radical (unpaired) electrons. The molecule has 2 aliphatic heterocycles. The molecule has 1 aromatic rings. The summed E-state index contributed by atoms with van der Waals surface area (Å²) in [7, 11) is 0. The van der Waals surface area contributed by atoms with Crippen LogP contribution in [-0.2, 0) is 6.54 Å². The summed E-state index contributed by atoms with van der Waals surface area (Å²) in [6.45, 7) is 2.35. The number of hydrogen-bond acceptors (Lipinski definition) is 4. The van der Waals surface area contributed by atoms with E-state index in [0.717, 1.165) is 25.2 Å². The highest BCUT2D eigenvalue weighted by atomic mass is 16.6. The van der Waals surface area contributed by atoms with Gasteiger partial charge in [-0.1, -0.05) is 0 Å². The van der Waals surface area contributed by atoms with E-state index in [2.05, 4.69) is 5.32 Å². The van der Waals surface area contributed by atoms with Crippen LogP contribution in [0.1, 0.15) is 18.0 Å². The van der Waals surface area contributed by atoms with Crippen molar-refractivity contribution in [3.05, 3.63) is 38.3 Å². The molecule has 6 nitrogen and oxygen atoms in total. The van der Waals surface area contributed by atoms with Gasteiger partial charge in [0.15, 0.2) is 0 Å². The fourth-order valence-electron chi connectivity index (χ4n) is 2.92. The van der Waals surface area contributed by atoms with Gasteiger partial charge in [0.2, 0.25) is 0 Å². The fraction of sp³-hybridized carbons (Fsp3) is 0.545. The van der Waals surface area contributed by atoms with Gasteiger partial charge in [0.1, 0.15) is 0 Å². The predicted molar refractivity (Wildman–Crippen MR) is 61.1 cm³/mol. The zero-order valence-electron chi connectivity index (χ0n) is 9.26. The van der Waals surface area contributed by atoms with Crippen molar-refractivity contribution < 1.29 is 4.92 Å². The molecule has 1 N–H and O–H groups in total. The van der Waals surface area contributed by atoms with E-state index in [-0.39, 0.29) is 5.69 Å². The maximum Gasteiger partial charge on any atom is 0.334 e. The first-order valence-electron chi connectivity index (χ1n) is 5.75. The molecule has 0 unspecified atom stereocenters. The summed E-state index contributed by atoms with van der Waals surface area (Å²) in [6.07, 6.45) is 1.07. The molecule has 1 aromatic heterocycles. The molecule has 2 bridgehead atoms. The zero-order valence-corrected chi connectivity index (χ0v) is 9.26. The normalized spacial score (nSPS) is 26.4. The molecule has 0 spiro atoms. The van der Waals surface area contributed by atoms with Crippen LogP contribution in [0.2, 0.25) is 0 Å². The topological polar surface area (TPSA) is 77.2 Å². The highest BCUT2D eigenvalue weighted by Gasteiger charge is 2.32. The van der Waals surface area contributed by atoms with Crippen molar-refractivity contribution in [1.29, 1.82) is 0 Å². The predicted octanol–water partition coefficient (Wildman–Crippen LogP) is 0.463. The molecule has 2 atom stereocenters. The van der Waals surface area contributed by atoms with E-state index in [9.17, 15) is 14.9 Å².